The van der Waals surface area contributed by atoms with Crippen LogP contribution in [0.3, 0.4) is 0 Å². The number of fused-ring (bicyclic) bond motifs is 1. The molecule has 2 rings (SSSR count). The fourth-order valence-electron chi connectivity index (χ4n) is 1.80. The second-order valence-electron chi connectivity index (χ2n) is 3.44. The summed E-state index contributed by atoms with van der Waals surface area (Å²) in [7, 11) is 1.98. The molecule has 0 unspecified atom stereocenters. The molecule has 0 amide bonds. The molecule has 0 saturated heterocycles. The molecule has 1 N–H and O–H groups in total. The van der Waals surface area contributed by atoms with Crippen molar-refractivity contribution in [3.63, 3.8) is 0 Å². The normalized spacial score (nSPS) is 11.0. The van der Waals surface area contributed by atoms with Gasteiger partial charge in [-0.1, -0.05) is 12.1 Å². The summed E-state index contributed by atoms with van der Waals surface area (Å²) in [5.74, 6) is 0.358. The first-order chi connectivity index (χ1) is 6.13. The Labute approximate surface area is 77.4 Å². The van der Waals surface area contributed by atoms with Crippen LogP contribution in [0.4, 0.5) is 0 Å². The van der Waals surface area contributed by atoms with Gasteiger partial charge in [0.25, 0.3) is 0 Å². The van der Waals surface area contributed by atoms with Gasteiger partial charge in [-0.15, -0.1) is 0 Å². The van der Waals surface area contributed by atoms with E-state index in [0.717, 1.165) is 10.9 Å². The highest BCUT2D eigenvalue weighted by atomic mass is 16.3. The molecule has 0 aliphatic rings. The molecule has 0 fully saturated rings. The van der Waals surface area contributed by atoms with Gasteiger partial charge < -0.3 is 9.67 Å². The van der Waals surface area contributed by atoms with Crippen molar-refractivity contribution in [1.29, 1.82) is 0 Å². The Bertz CT molecular complexity index is 468. The van der Waals surface area contributed by atoms with Crippen LogP contribution in [0.15, 0.2) is 18.2 Å². The lowest BCUT2D eigenvalue weighted by Gasteiger charge is -2.00. The molecular weight excluding hydrogens is 162 g/mol. The third-order valence-corrected chi connectivity index (χ3v) is 2.80. The summed E-state index contributed by atoms with van der Waals surface area (Å²) >= 11 is 0. The summed E-state index contributed by atoms with van der Waals surface area (Å²) < 4.78 is 2.03. The van der Waals surface area contributed by atoms with Gasteiger partial charge in [-0.2, -0.15) is 0 Å². The van der Waals surface area contributed by atoms with Crippen LogP contribution < -0.4 is 0 Å². The molecule has 2 heteroatoms. The molecule has 0 radical (unpaired) electrons. The second kappa shape index (κ2) is 2.52. The number of para-hydroxylation sites is 1. The number of nitrogens with zero attached hydrogens (tertiary/aromatic N) is 1. The first-order valence-corrected chi connectivity index (χ1v) is 4.36. The van der Waals surface area contributed by atoms with Crippen molar-refractivity contribution >= 4 is 10.9 Å². The predicted octanol–water partition coefficient (Wildman–Crippen LogP) is 2.50. The average molecular weight is 175 g/mol. The van der Waals surface area contributed by atoms with Crippen LogP contribution in [-0.4, -0.2) is 9.67 Å². The van der Waals surface area contributed by atoms with Gasteiger partial charge in [0.2, 0.25) is 0 Å². The third-order valence-electron chi connectivity index (χ3n) is 2.80. The molecule has 0 aliphatic heterocycles. The maximum absolute atomic E-state index is 9.67. The number of rotatable bonds is 0. The molecule has 1 aromatic heterocycles. The molecular formula is C11H13NO. The summed E-state index contributed by atoms with van der Waals surface area (Å²) in [5, 5.41) is 10.8. The SMILES string of the molecule is Cc1c(C)n(C)c2c(O)cccc12. The zero-order valence-electron chi connectivity index (χ0n) is 8.13. The molecule has 2 aromatic rings. The third kappa shape index (κ3) is 0.949. The lowest BCUT2D eigenvalue weighted by atomic mass is 10.1. The standard InChI is InChI=1S/C11H13NO/c1-7-8(2)12(3)11-9(7)5-4-6-10(11)13/h4-6,13H,1-3H3. The Kier molecular flexibility index (Phi) is 1.59. The van der Waals surface area contributed by atoms with Crippen LogP contribution in [0, 0.1) is 13.8 Å². The minimum Gasteiger partial charge on any atom is -0.506 e. The summed E-state index contributed by atoms with van der Waals surface area (Å²) in [6.45, 7) is 4.14. The Hall–Kier alpha value is -1.44. The fourth-order valence-corrected chi connectivity index (χ4v) is 1.80. The van der Waals surface area contributed by atoms with Crippen molar-refractivity contribution in [2.24, 2.45) is 7.05 Å². The van der Waals surface area contributed by atoms with Gasteiger partial charge in [0.15, 0.2) is 0 Å². The Morgan fingerprint density at radius 3 is 2.54 bits per heavy atom. The van der Waals surface area contributed by atoms with Crippen molar-refractivity contribution in [3.8, 4) is 5.75 Å². The van der Waals surface area contributed by atoms with Crippen molar-refractivity contribution in [3.05, 3.63) is 29.5 Å². The molecule has 0 saturated carbocycles. The molecule has 0 aliphatic carbocycles. The molecule has 68 valence electrons. The van der Waals surface area contributed by atoms with E-state index in [1.165, 1.54) is 11.3 Å². The van der Waals surface area contributed by atoms with E-state index in [0.29, 0.717) is 5.75 Å². The number of phenolic OH excluding ortho intramolecular Hbond substituents is 1. The summed E-state index contributed by atoms with van der Waals surface area (Å²) in [6, 6.07) is 5.64. The number of aromatic hydroxyl groups is 1. The zero-order valence-corrected chi connectivity index (χ0v) is 8.13. The van der Waals surface area contributed by atoms with Gasteiger partial charge in [0, 0.05) is 18.1 Å². The number of hydrogen-bond acceptors (Lipinski definition) is 1. The van der Waals surface area contributed by atoms with E-state index in [4.69, 9.17) is 0 Å². The Balaban J connectivity index is 3.03. The largest absolute Gasteiger partial charge is 0.506 e. The molecule has 0 spiro atoms. The second-order valence-corrected chi connectivity index (χ2v) is 3.44. The minimum absolute atomic E-state index is 0.358. The highest BCUT2D eigenvalue weighted by molar-refractivity contribution is 5.89. The first-order valence-electron chi connectivity index (χ1n) is 4.36. The maximum atomic E-state index is 9.67. The van der Waals surface area contributed by atoms with Crippen LogP contribution in [0.2, 0.25) is 0 Å². The van der Waals surface area contributed by atoms with E-state index in [-0.39, 0.29) is 0 Å². The summed E-state index contributed by atoms with van der Waals surface area (Å²) in [4.78, 5) is 0. The highest BCUT2D eigenvalue weighted by Gasteiger charge is 2.10. The molecule has 2 nitrogen and oxygen atoms in total. The maximum Gasteiger partial charge on any atom is 0.139 e. The summed E-state index contributed by atoms with van der Waals surface area (Å²) in [5.41, 5.74) is 3.38. The van der Waals surface area contributed by atoms with Crippen LogP contribution in [-0.2, 0) is 7.05 Å². The van der Waals surface area contributed by atoms with Crippen molar-refractivity contribution in [2.75, 3.05) is 0 Å². The van der Waals surface area contributed by atoms with E-state index in [1.54, 1.807) is 6.07 Å². The number of aromatic nitrogens is 1. The average Bonchev–Trinajstić information content (AvgIpc) is 2.33. The number of benzene rings is 1. The van der Waals surface area contributed by atoms with Gasteiger partial charge in [-0.3, -0.25) is 0 Å². The first kappa shape index (κ1) is 8.17. The van der Waals surface area contributed by atoms with Gasteiger partial charge in [0.1, 0.15) is 5.75 Å². The molecule has 1 aromatic carbocycles. The quantitative estimate of drug-likeness (QED) is 0.653. The van der Waals surface area contributed by atoms with Gasteiger partial charge in [0.05, 0.1) is 5.52 Å². The molecule has 0 atom stereocenters. The highest BCUT2D eigenvalue weighted by Crippen LogP contribution is 2.30. The van der Waals surface area contributed by atoms with E-state index >= 15 is 0 Å². The van der Waals surface area contributed by atoms with E-state index in [9.17, 15) is 5.11 Å². The summed E-state index contributed by atoms with van der Waals surface area (Å²) in [6.07, 6.45) is 0. The lowest BCUT2D eigenvalue weighted by Crippen LogP contribution is -1.90. The smallest absolute Gasteiger partial charge is 0.139 e. The monoisotopic (exact) mass is 175 g/mol. The minimum atomic E-state index is 0.358. The van der Waals surface area contributed by atoms with E-state index < -0.39 is 0 Å². The van der Waals surface area contributed by atoms with Crippen molar-refractivity contribution in [1.82, 2.24) is 4.57 Å². The van der Waals surface area contributed by atoms with Gasteiger partial charge in [-0.25, -0.2) is 0 Å². The predicted molar refractivity (Wildman–Crippen MR) is 54.1 cm³/mol. The molecule has 0 bridgehead atoms. The number of phenols is 1. The lowest BCUT2D eigenvalue weighted by molar-refractivity contribution is 0.478. The zero-order chi connectivity index (χ0) is 9.59. The molecule has 13 heavy (non-hydrogen) atoms. The Morgan fingerprint density at radius 1 is 1.23 bits per heavy atom. The number of aryl methyl sites for hydroxylation is 2. The van der Waals surface area contributed by atoms with Crippen LogP contribution in [0.5, 0.6) is 5.75 Å². The van der Waals surface area contributed by atoms with Crippen LogP contribution in [0.25, 0.3) is 10.9 Å². The topological polar surface area (TPSA) is 25.2 Å². The van der Waals surface area contributed by atoms with E-state index in [2.05, 4.69) is 13.8 Å². The van der Waals surface area contributed by atoms with E-state index in [1.807, 2.05) is 23.7 Å². The van der Waals surface area contributed by atoms with Crippen LogP contribution >= 0.6 is 0 Å². The number of hydrogen-bond donors (Lipinski definition) is 1. The fraction of sp³-hybridized carbons (Fsp3) is 0.273. The van der Waals surface area contributed by atoms with Crippen molar-refractivity contribution < 1.29 is 5.11 Å². The molecule has 1 heterocycles. The van der Waals surface area contributed by atoms with Crippen LogP contribution in [0.1, 0.15) is 11.3 Å². The van der Waals surface area contributed by atoms with Gasteiger partial charge in [-0.05, 0) is 25.5 Å². The van der Waals surface area contributed by atoms with Gasteiger partial charge >= 0.3 is 0 Å². The van der Waals surface area contributed by atoms with Crippen molar-refractivity contribution in [2.45, 2.75) is 13.8 Å². The Morgan fingerprint density at radius 2 is 1.92 bits per heavy atom.